The zero-order valence-corrected chi connectivity index (χ0v) is 18.5. The van der Waals surface area contributed by atoms with Crippen LogP contribution in [0.5, 0.6) is 0 Å². The van der Waals surface area contributed by atoms with Crippen LogP contribution in [0.15, 0.2) is 60.7 Å². The summed E-state index contributed by atoms with van der Waals surface area (Å²) >= 11 is 0. The Morgan fingerprint density at radius 3 is 1.45 bits per heavy atom. The Kier molecular flexibility index (Phi) is 9.88. The summed E-state index contributed by atoms with van der Waals surface area (Å²) in [4.78, 5) is 24.0. The second-order valence-corrected chi connectivity index (χ2v) is 8.09. The van der Waals surface area contributed by atoms with Crippen molar-refractivity contribution in [3.63, 3.8) is 0 Å². The van der Waals surface area contributed by atoms with Crippen molar-refractivity contribution in [3.8, 4) is 0 Å². The summed E-state index contributed by atoms with van der Waals surface area (Å²) in [6, 6.07) is 16.7. The molecule has 0 amide bonds. The van der Waals surface area contributed by atoms with Crippen LogP contribution in [0.25, 0.3) is 0 Å². The van der Waals surface area contributed by atoms with Crippen molar-refractivity contribution in [2.24, 2.45) is 0 Å². The van der Waals surface area contributed by atoms with Crippen molar-refractivity contribution >= 4 is 19.7 Å². The molecular weight excluding hydrogens is 421 g/mol. The minimum atomic E-state index is -4.59. The summed E-state index contributed by atoms with van der Waals surface area (Å²) in [5.41, 5.74) is 8.89. The van der Waals surface area contributed by atoms with Crippen molar-refractivity contribution in [1.82, 2.24) is 5.50 Å². The van der Waals surface area contributed by atoms with E-state index in [4.69, 9.17) is 24.0 Å². The molecule has 0 aliphatic heterocycles. The minimum Gasteiger partial charge on any atom is -0.431 e. The molecule has 2 rings (SSSR count). The number of esters is 2. The molecule has 1 N–H and O–H groups in total. The molecule has 2 unspecified atom stereocenters. The minimum absolute atomic E-state index is 0.136. The number of hydrogen-bond acceptors (Lipinski definition) is 7. The van der Waals surface area contributed by atoms with Gasteiger partial charge in [0.1, 0.15) is 0 Å². The fourth-order valence-electron chi connectivity index (χ4n) is 2.56. The lowest BCUT2D eigenvalue weighted by molar-refractivity contribution is -0.172. The van der Waals surface area contributed by atoms with E-state index in [0.29, 0.717) is 24.0 Å². The van der Waals surface area contributed by atoms with Gasteiger partial charge in [0.05, 0.1) is 0 Å². The molecule has 0 aliphatic rings. The molecule has 8 nitrogen and oxygen atoms in total. The highest BCUT2D eigenvalue weighted by Crippen LogP contribution is 2.51. The zero-order chi connectivity index (χ0) is 22.7. The van der Waals surface area contributed by atoms with Gasteiger partial charge in [-0.15, -0.1) is 5.50 Å². The number of ether oxygens (including phenoxy) is 2. The summed E-state index contributed by atoms with van der Waals surface area (Å²) in [5.74, 6) is -1.13. The van der Waals surface area contributed by atoms with Gasteiger partial charge in [0, 0.05) is 24.0 Å². The van der Waals surface area contributed by atoms with Crippen LogP contribution in [-0.4, -0.2) is 11.9 Å². The number of nitrogens with one attached hydrogen (secondary N) is 1. The van der Waals surface area contributed by atoms with Crippen molar-refractivity contribution < 1.29 is 32.7 Å². The van der Waals surface area contributed by atoms with E-state index in [9.17, 15) is 14.2 Å². The zero-order valence-electron chi connectivity index (χ0n) is 17.6. The molecule has 9 heteroatoms. The fourth-order valence-corrected chi connectivity index (χ4v) is 3.45. The number of benzene rings is 2. The first-order valence-corrected chi connectivity index (χ1v) is 11.6. The molecule has 0 heterocycles. The topological polar surface area (TPSA) is 112 Å². The van der Waals surface area contributed by atoms with E-state index in [1.165, 1.54) is 0 Å². The third-order valence-electron chi connectivity index (χ3n) is 4.00. The molecule has 2 aromatic rings. The number of rotatable bonds is 12. The van der Waals surface area contributed by atoms with E-state index in [-0.39, 0.29) is 12.8 Å². The second-order valence-electron chi connectivity index (χ2n) is 6.67. The number of hydrogen-bond donors (Lipinski definition) is 0. The van der Waals surface area contributed by atoms with Gasteiger partial charge in [-0.2, -0.15) is 0 Å². The Morgan fingerprint density at radius 2 is 1.13 bits per heavy atom. The first-order valence-electron chi connectivity index (χ1n) is 10.1. The first kappa shape index (κ1) is 24.8. The SMILES string of the molecule is CCCC(=O)OC(OP([NH])(=O)OC(OC(=O)CCC)c1ccccc1)c1ccccc1. The van der Waals surface area contributed by atoms with Crippen molar-refractivity contribution in [3.05, 3.63) is 71.8 Å². The molecule has 0 fully saturated rings. The maximum atomic E-state index is 12.9. The standard InChI is InChI=1S/C22H27NO7P/c1-3-11-19(24)27-21(17-13-7-5-8-14-17)29-31(23,26)30-22(28-20(25)12-4-2)18-15-9-6-10-16-18/h5-10,13-16,21-23H,3-4,11-12H2,1-2H3. The molecule has 167 valence electrons. The van der Waals surface area contributed by atoms with Gasteiger partial charge in [-0.25, -0.2) is 13.6 Å². The van der Waals surface area contributed by atoms with Crippen LogP contribution in [0.4, 0.5) is 0 Å². The van der Waals surface area contributed by atoms with Crippen LogP contribution in [-0.2, 0) is 32.7 Å². The van der Waals surface area contributed by atoms with Crippen LogP contribution in [0.2, 0.25) is 0 Å². The highest BCUT2D eigenvalue weighted by Gasteiger charge is 2.34. The summed E-state index contributed by atoms with van der Waals surface area (Å²) in [6.07, 6.45) is -1.44. The molecule has 0 spiro atoms. The van der Waals surface area contributed by atoms with E-state index in [2.05, 4.69) is 0 Å². The van der Waals surface area contributed by atoms with Crippen molar-refractivity contribution in [1.29, 1.82) is 0 Å². The van der Waals surface area contributed by atoms with Crippen LogP contribution < -0.4 is 5.50 Å². The maximum absolute atomic E-state index is 12.9. The second kappa shape index (κ2) is 12.4. The highest BCUT2D eigenvalue weighted by molar-refractivity contribution is 7.50. The molecule has 2 aromatic carbocycles. The molecular formula is C22H27NO7P. The number of carbonyl (C=O) groups is 2. The monoisotopic (exact) mass is 448 g/mol. The van der Waals surface area contributed by atoms with Gasteiger partial charge in [0.15, 0.2) is 0 Å². The predicted molar refractivity (Wildman–Crippen MR) is 113 cm³/mol. The van der Waals surface area contributed by atoms with E-state index >= 15 is 0 Å². The van der Waals surface area contributed by atoms with E-state index in [0.717, 1.165) is 0 Å². The fraction of sp³-hybridized carbons (Fsp3) is 0.364. The molecule has 0 saturated carbocycles. The van der Waals surface area contributed by atoms with Gasteiger partial charge in [-0.3, -0.25) is 9.59 Å². The van der Waals surface area contributed by atoms with Gasteiger partial charge in [-0.1, -0.05) is 74.5 Å². The molecule has 0 aromatic heterocycles. The van der Waals surface area contributed by atoms with Gasteiger partial charge in [0.2, 0.25) is 12.6 Å². The normalized spacial score (nSPS) is 14.8. The Morgan fingerprint density at radius 1 is 0.774 bits per heavy atom. The molecule has 0 bridgehead atoms. The Hall–Kier alpha value is -2.51. The average molecular weight is 448 g/mol. The third-order valence-corrected chi connectivity index (χ3v) is 4.94. The largest absolute Gasteiger partial charge is 0.431 e. The van der Waals surface area contributed by atoms with Crippen LogP contribution in [0.1, 0.15) is 63.2 Å². The number of carbonyl (C=O) groups excluding carboxylic acids is 2. The first-order chi connectivity index (χ1) is 14.8. The molecule has 2 atom stereocenters. The van der Waals surface area contributed by atoms with Crippen LogP contribution >= 0.6 is 7.75 Å². The van der Waals surface area contributed by atoms with Crippen molar-refractivity contribution in [2.45, 2.75) is 52.1 Å². The maximum Gasteiger partial charge on any atom is 0.426 e. The average Bonchev–Trinajstić information content (AvgIpc) is 2.74. The Balaban J connectivity index is 2.22. The molecule has 31 heavy (non-hydrogen) atoms. The Labute approximate surface area is 182 Å². The smallest absolute Gasteiger partial charge is 0.426 e. The lowest BCUT2D eigenvalue weighted by Crippen LogP contribution is -2.17. The van der Waals surface area contributed by atoms with Gasteiger partial charge < -0.3 is 9.47 Å². The lowest BCUT2D eigenvalue weighted by Gasteiger charge is -2.25. The third kappa shape index (κ3) is 8.63. The van der Waals surface area contributed by atoms with Gasteiger partial charge >= 0.3 is 19.7 Å². The Bertz CT molecular complexity index is 806. The quantitative estimate of drug-likeness (QED) is 0.240. The summed E-state index contributed by atoms with van der Waals surface area (Å²) in [7, 11) is -4.59. The van der Waals surface area contributed by atoms with Crippen LogP contribution in [0, 0.1) is 0 Å². The molecule has 1 radical (unpaired) electrons. The van der Waals surface area contributed by atoms with E-state index in [1.807, 2.05) is 13.8 Å². The summed E-state index contributed by atoms with van der Waals surface area (Å²) in [5, 5.41) is 0. The van der Waals surface area contributed by atoms with Gasteiger partial charge in [0.25, 0.3) is 0 Å². The van der Waals surface area contributed by atoms with Crippen molar-refractivity contribution in [2.75, 3.05) is 0 Å². The van der Waals surface area contributed by atoms with E-state index in [1.54, 1.807) is 60.7 Å². The van der Waals surface area contributed by atoms with Crippen LogP contribution in [0.3, 0.4) is 0 Å². The lowest BCUT2D eigenvalue weighted by atomic mass is 10.2. The highest BCUT2D eigenvalue weighted by atomic mass is 31.2. The summed E-state index contributed by atoms with van der Waals surface area (Å²) < 4.78 is 34.1. The van der Waals surface area contributed by atoms with Gasteiger partial charge in [-0.05, 0) is 12.8 Å². The molecule has 0 aliphatic carbocycles. The predicted octanol–water partition coefficient (Wildman–Crippen LogP) is 5.49. The summed E-state index contributed by atoms with van der Waals surface area (Å²) in [6.45, 7) is 3.63. The molecule has 0 saturated heterocycles. The van der Waals surface area contributed by atoms with E-state index < -0.39 is 32.3 Å².